The van der Waals surface area contributed by atoms with Crippen molar-refractivity contribution in [2.24, 2.45) is 5.10 Å². The van der Waals surface area contributed by atoms with Gasteiger partial charge in [-0.15, -0.1) is 0 Å². The predicted octanol–water partition coefficient (Wildman–Crippen LogP) is 1.86. The second-order valence-electron chi connectivity index (χ2n) is 5.91. The summed E-state index contributed by atoms with van der Waals surface area (Å²) in [4.78, 5) is 39.8. The van der Waals surface area contributed by atoms with Gasteiger partial charge in [0.25, 0.3) is 0 Å². The molecule has 1 aromatic carbocycles. The van der Waals surface area contributed by atoms with Crippen LogP contribution in [0.4, 0.5) is 11.4 Å². The van der Waals surface area contributed by atoms with Crippen LogP contribution in [0.2, 0.25) is 0 Å². The van der Waals surface area contributed by atoms with Crippen molar-refractivity contribution in [3.05, 3.63) is 48.3 Å². The molecule has 0 radical (unpaired) electrons. The van der Waals surface area contributed by atoms with E-state index < -0.39 is 11.8 Å². The molecular formula is C19H21N5O4. The molecule has 3 N–H and O–H groups in total. The number of anilines is 2. The van der Waals surface area contributed by atoms with Gasteiger partial charge in [-0.1, -0.05) is 6.07 Å². The fourth-order valence-electron chi connectivity index (χ4n) is 2.21. The van der Waals surface area contributed by atoms with E-state index in [9.17, 15) is 14.4 Å². The lowest BCUT2D eigenvalue weighted by Crippen LogP contribution is -2.33. The van der Waals surface area contributed by atoms with Crippen LogP contribution in [0.25, 0.3) is 0 Å². The lowest BCUT2D eigenvalue weighted by Gasteiger charge is -2.10. The van der Waals surface area contributed by atoms with Crippen molar-refractivity contribution < 1.29 is 19.1 Å². The Labute approximate surface area is 162 Å². The second kappa shape index (κ2) is 9.81. The number of rotatable bonds is 6. The minimum atomic E-state index is -0.962. The number of pyridine rings is 1. The zero-order valence-electron chi connectivity index (χ0n) is 15.8. The van der Waals surface area contributed by atoms with Crippen LogP contribution in [0, 0.1) is 6.92 Å². The van der Waals surface area contributed by atoms with Crippen molar-refractivity contribution in [2.45, 2.75) is 20.3 Å². The van der Waals surface area contributed by atoms with Gasteiger partial charge in [0, 0.05) is 11.9 Å². The number of nitrogens with zero attached hydrogens (tertiary/aromatic N) is 2. The van der Waals surface area contributed by atoms with Gasteiger partial charge in [0.05, 0.1) is 31.1 Å². The normalized spacial score (nSPS) is 10.8. The zero-order valence-corrected chi connectivity index (χ0v) is 15.8. The minimum Gasteiger partial charge on any atom is -0.495 e. The average molecular weight is 383 g/mol. The molecule has 0 fully saturated rings. The number of methoxy groups -OCH3 is 1. The highest BCUT2D eigenvalue weighted by atomic mass is 16.5. The molecule has 0 aliphatic heterocycles. The number of aromatic nitrogens is 1. The number of hydrazone groups is 1. The van der Waals surface area contributed by atoms with Gasteiger partial charge in [-0.2, -0.15) is 5.10 Å². The molecule has 0 unspecified atom stereocenters. The van der Waals surface area contributed by atoms with Crippen LogP contribution in [0.5, 0.6) is 5.75 Å². The van der Waals surface area contributed by atoms with E-state index in [1.54, 1.807) is 37.4 Å². The number of nitrogens with one attached hydrogen (secondary N) is 3. The number of carbonyl (C=O) groups excluding carboxylic acids is 3. The molecule has 146 valence electrons. The van der Waals surface area contributed by atoms with Crippen molar-refractivity contribution in [3.63, 3.8) is 0 Å². The quantitative estimate of drug-likeness (QED) is 0.399. The number of carbonyl (C=O) groups is 3. The number of amides is 3. The first-order valence-electron chi connectivity index (χ1n) is 8.38. The predicted molar refractivity (Wildman–Crippen MR) is 105 cm³/mol. The van der Waals surface area contributed by atoms with Crippen LogP contribution in [0.1, 0.15) is 18.9 Å². The van der Waals surface area contributed by atoms with Crippen LogP contribution in [-0.2, 0) is 14.4 Å². The van der Waals surface area contributed by atoms with Gasteiger partial charge in [0.1, 0.15) is 5.75 Å². The Morgan fingerprint density at radius 1 is 1.14 bits per heavy atom. The van der Waals surface area contributed by atoms with E-state index >= 15 is 0 Å². The van der Waals surface area contributed by atoms with Gasteiger partial charge in [-0.05, 0) is 43.7 Å². The Balaban J connectivity index is 1.88. The standard InChI is InChI=1S/C19H21N5O4/c1-12-6-7-16(28-3)15(9-12)22-18(26)19(27)24-23-13(2)10-17(25)21-14-5-4-8-20-11-14/h4-9,11H,10H2,1-3H3,(H,21,25)(H,22,26)(H,24,27)/b23-13-. The van der Waals surface area contributed by atoms with Crippen molar-refractivity contribution >= 4 is 34.8 Å². The van der Waals surface area contributed by atoms with E-state index in [4.69, 9.17) is 4.74 Å². The zero-order chi connectivity index (χ0) is 20.5. The number of ether oxygens (including phenoxy) is 1. The maximum Gasteiger partial charge on any atom is 0.329 e. The minimum absolute atomic E-state index is 0.0531. The van der Waals surface area contributed by atoms with Crippen LogP contribution < -0.4 is 20.8 Å². The van der Waals surface area contributed by atoms with Crippen LogP contribution in [0.15, 0.2) is 47.8 Å². The fraction of sp³-hybridized carbons (Fsp3) is 0.211. The number of hydrogen-bond donors (Lipinski definition) is 3. The maximum absolute atomic E-state index is 12.0. The molecular weight excluding hydrogens is 362 g/mol. The highest BCUT2D eigenvalue weighted by Crippen LogP contribution is 2.24. The molecule has 1 aromatic heterocycles. The SMILES string of the molecule is COc1ccc(C)cc1NC(=O)C(=O)N/N=C(/C)CC(=O)Nc1cccnc1. The molecule has 1 heterocycles. The molecule has 28 heavy (non-hydrogen) atoms. The summed E-state index contributed by atoms with van der Waals surface area (Å²) in [5, 5.41) is 8.89. The van der Waals surface area contributed by atoms with Gasteiger partial charge in [-0.25, -0.2) is 5.43 Å². The van der Waals surface area contributed by atoms with Gasteiger partial charge in [0.15, 0.2) is 0 Å². The first-order chi connectivity index (χ1) is 13.4. The maximum atomic E-state index is 12.0. The molecule has 0 aliphatic carbocycles. The second-order valence-corrected chi connectivity index (χ2v) is 5.91. The Hall–Kier alpha value is -3.75. The van der Waals surface area contributed by atoms with Crippen LogP contribution >= 0.6 is 0 Å². The van der Waals surface area contributed by atoms with E-state index in [1.807, 2.05) is 13.0 Å². The van der Waals surface area contributed by atoms with Crippen molar-refractivity contribution in [2.75, 3.05) is 17.7 Å². The molecule has 2 aromatic rings. The summed E-state index contributed by atoms with van der Waals surface area (Å²) in [5.74, 6) is -1.76. The largest absolute Gasteiger partial charge is 0.495 e. The van der Waals surface area contributed by atoms with Crippen molar-refractivity contribution in [3.8, 4) is 5.75 Å². The first-order valence-corrected chi connectivity index (χ1v) is 8.38. The summed E-state index contributed by atoms with van der Waals surface area (Å²) in [7, 11) is 1.46. The molecule has 2 rings (SSSR count). The van der Waals surface area contributed by atoms with Crippen molar-refractivity contribution in [1.29, 1.82) is 0 Å². The van der Waals surface area contributed by atoms with E-state index in [0.29, 0.717) is 22.8 Å². The van der Waals surface area contributed by atoms with Crippen molar-refractivity contribution in [1.82, 2.24) is 10.4 Å². The first kappa shape index (κ1) is 20.6. The highest BCUT2D eigenvalue weighted by Gasteiger charge is 2.16. The number of benzene rings is 1. The summed E-state index contributed by atoms with van der Waals surface area (Å²) in [6.07, 6.45) is 3.05. The third kappa shape index (κ3) is 6.20. The third-order valence-corrected chi connectivity index (χ3v) is 3.52. The van der Waals surface area contributed by atoms with Gasteiger partial charge >= 0.3 is 11.8 Å². The average Bonchev–Trinajstić information content (AvgIpc) is 2.67. The molecule has 0 aliphatic rings. The molecule has 0 saturated carbocycles. The molecule has 0 saturated heterocycles. The van der Waals surface area contributed by atoms with E-state index in [0.717, 1.165) is 5.56 Å². The van der Waals surface area contributed by atoms with E-state index in [1.165, 1.54) is 13.3 Å². The van der Waals surface area contributed by atoms with Gasteiger partial charge in [0.2, 0.25) is 5.91 Å². The summed E-state index contributed by atoms with van der Waals surface area (Å²) < 4.78 is 5.15. The smallest absolute Gasteiger partial charge is 0.329 e. The molecule has 3 amide bonds. The monoisotopic (exact) mass is 383 g/mol. The summed E-state index contributed by atoms with van der Waals surface area (Å²) in [6, 6.07) is 8.58. The van der Waals surface area contributed by atoms with E-state index in [-0.39, 0.29) is 12.3 Å². The summed E-state index contributed by atoms with van der Waals surface area (Å²) in [6.45, 7) is 3.41. The lowest BCUT2D eigenvalue weighted by molar-refractivity contribution is -0.136. The Morgan fingerprint density at radius 3 is 2.61 bits per heavy atom. The molecule has 0 atom stereocenters. The van der Waals surface area contributed by atoms with Gasteiger partial charge in [-0.3, -0.25) is 19.4 Å². The Kier molecular flexibility index (Phi) is 7.21. The lowest BCUT2D eigenvalue weighted by atomic mass is 10.2. The third-order valence-electron chi connectivity index (χ3n) is 3.52. The fourth-order valence-corrected chi connectivity index (χ4v) is 2.21. The molecule has 0 spiro atoms. The Morgan fingerprint density at radius 2 is 1.93 bits per heavy atom. The molecule has 0 bridgehead atoms. The summed E-state index contributed by atoms with van der Waals surface area (Å²) >= 11 is 0. The topological polar surface area (TPSA) is 122 Å². The van der Waals surface area contributed by atoms with Gasteiger partial charge < -0.3 is 15.4 Å². The van der Waals surface area contributed by atoms with E-state index in [2.05, 4.69) is 26.1 Å². The van der Waals surface area contributed by atoms with Crippen LogP contribution in [0.3, 0.4) is 0 Å². The number of aryl methyl sites for hydroxylation is 1. The number of hydrogen-bond acceptors (Lipinski definition) is 6. The molecule has 9 heteroatoms. The highest BCUT2D eigenvalue weighted by molar-refractivity contribution is 6.39. The Bertz CT molecular complexity index is 896. The molecule has 9 nitrogen and oxygen atoms in total. The van der Waals surface area contributed by atoms with Crippen LogP contribution in [-0.4, -0.2) is 35.5 Å². The summed E-state index contributed by atoms with van der Waals surface area (Å²) in [5.41, 5.74) is 4.28.